The molecule has 0 aromatic heterocycles. The first kappa shape index (κ1) is 18.0. The van der Waals surface area contributed by atoms with Gasteiger partial charge in [-0.3, -0.25) is 9.59 Å². The number of hydrogen-bond acceptors (Lipinski definition) is 3. The average molecular weight is 352 g/mol. The molecule has 0 radical (unpaired) electrons. The fourth-order valence-electron chi connectivity index (χ4n) is 3.09. The summed E-state index contributed by atoms with van der Waals surface area (Å²) in [5, 5.41) is 2.88. The molecule has 2 aromatic carbocycles. The van der Waals surface area contributed by atoms with Gasteiger partial charge in [0.25, 0.3) is 5.91 Å². The lowest BCUT2D eigenvalue weighted by Crippen LogP contribution is -2.27. The highest BCUT2D eigenvalue weighted by Crippen LogP contribution is 2.17. The highest BCUT2D eigenvalue weighted by Gasteiger charge is 2.19. The van der Waals surface area contributed by atoms with E-state index < -0.39 is 0 Å². The minimum Gasteiger partial charge on any atom is -0.494 e. The average Bonchev–Trinajstić information content (AvgIpc) is 3.18. The first-order chi connectivity index (χ1) is 12.7. The first-order valence-electron chi connectivity index (χ1n) is 9.06. The zero-order chi connectivity index (χ0) is 18.4. The molecule has 2 aromatic rings. The lowest BCUT2D eigenvalue weighted by atomic mass is 10.1. The molecule has 1 N–H and O–H groups in total. The Morgan fingerprint density at radius 1 is 1.08 bits per heavy atom. The molecule has 136 valence electrons. The van der Waals surface area contributed by atoms with E-state index in [0.29, 0.717) is 17.9 Å². The van der Waals surface area contributed by atoms with Gasteiger partial charge in [0, 0.05) is 24.3 Å². The fraction of sp³-hybridized carbons (Fsp3) is 0.333. The number of rotatable bonds is 6. The molecule has 1 saturated heterocycles. The summed E-state index contributed by atoms with van der Waals surface area (Å²) in [6.07, 6.45) is 2.39. The molecule has 0 atom stereocenters. The third-order valence-electron chi connectivity index (χ3n) is 4.39. The Balaban J connectivity index is 1.60. The molecule has 0 aliphatic carbocycles. The van der Waals surface area contributed by atoms with Crippen molar-refractivity contribution in [1.29, 1.82) is 0 Å². The molecule has 26 heavy (non-hydrogen) atoms. The van der Waals surface area contributed by atoms with E-state index in [1.54, 1.807) is 24.3 Å². The van der Waals surface area contributed by atoms with Crippen LogP contribution in [0.3, 0.4) is 0 Å². The van der Waals surface area contributed by atoms with Gasteiger partial charge in [-0.1, -0.05) is 18.2 Å². The second kappa shape index (κ2) is 8.52. The Hall–Kier alpha value is -2.82. The summed E-state index contributed by atoms with van der Waals surface area (Å²) in [5.41, 5.74) is 2.17. The van der Waals surface area contributed by atoms with Crippen molar-refractivity contribution in [2.45, 2.75) is 26.2 Å². The van der Waals surface area contributed by atoms with Crippen LogP contribution in [-0.4, -0.2) is 36.4 Å². The number of likely N-dealkylation sites (tertiary alicyclic amines) is 1. The Morgan fingerprint density at radius 3 is 2.50 bits per heavy atom. The molecule has 1 heterocycles. The van der Waals surface area contributed by atoms with Gasteiger partial charge in [-0.05, 0) is 55.7 Å². The summed E-state index contributed by atoms with van der Waals surface area (Å²) >= 11 is 0. The van der Waals surface area contributed by atoms with Gasteiger partial charge in [-0.2, -0.15) is 0 Å². The van der Waals surface area contributed by atoms with Crippen LogP contribution in [0.2, 0.25) is 0 Å². The van der Waals surface area contributed by atoms with Crippen molar-refractivity contribution in [3.05, 3.63) is 59.7 Å². The summed E-state index contributed by atoms with van der Waals surface area (Å²) in [4.78, 5) is 26.6. The van der Waals surface area contributed by atoms with Crippen LogP contribution in [0.4, 0.5) is 5.69 Å². The molecule has 0 bridgehead atoms. The number of amides is 2. The summed E-state index contributed by atoms with van der Waals surface area (Å²) in [6.45, 7) is 4.18. The Bertz CT molecular complexity index is 765. The maximum absolute atomic E-state index is 12.5. The van der Waals surface area contributed by atoms with E-state index in [1.807, 2.05) is 36.1 Å². The lowest BCUT2D eigenvalue weighted by molar-refractivity contribution is -0.115. The number of nitrogens with one attached hydrogen (secondary N) is 1. The predicted octanol–water partition coefficient (Wildman–Crippen LogP) is 3.50. The predicted molar refractivity (Wildman–Crippen MR) is 102 cm³/mol. The van der Waals surface area contributed by atoms with Crippen LogP contribution in [0.5, 0.6) is 5.75 Å². The van der Waals surface area contributed by atoms with E-state index in [9.17, 15) is 9.59 Å². The van der Waals surface area contributed by atoms with E-state index in [-0.39, 0.29) is 18.2 Å². The van der Waals surface area contributed by atoms with Crippen LogP contribution in [0.1, 0.15) is 35.7 Å². The number of benzene rings is 2. The molecule has 0 unspecified atom stereocenters. The van der Waals surface area contributed by atoms with Gasteiger partial charge in [-0.25, -0.2) is 0 Å². The molecule has 1 fully saturated rings. The highest BCUT2D eigenvalue weighted by atomic mass is 16.5. The summed E-state index contributed by atoms with van der Waals surface area (Å²) in [7, 11) is 0. The number of ether oxygens (including phenoxy) is 1. The number of anilines is 1. The topological polar surface area (TPSA) is 58.6 Å². The van der Waals surface area contributed by atoms with Crippen LogP contribution in [0.25, 0.3) is 0 Å². The van der Waals surface area contributed by atoms with Crippen molar-refractivity contribution in [3.8, 4) is 5.75 Å². The van der Waals surface area contributed by atoms with Crippen LogP contribution < -0.4 is 10.1 Å². The number of carbonyl (C=O) groups excluding carboxylic acids is 2. The van der Waals surface area contributed by atoms with Crippen molar-refractivity contribution in [2.75, 3.05) is 25.0 Å². The molecule has 1 aliphatic heterocycles. The van der Waals surface area contributed by atoms with Crippen molar-refractivity contribution >= 4 is 17.5 Å². The smallest absolute Gasteiger partial charge is 0.253 e. The Morgan fingerprint density at radius 2 is 1.81 bits per heavy atom. The summed E-state index contributed by atoms with van der Waals surface area (Å²) in [6, 6.07) is 14.6. The van der Waals surface area contributed by atoms with Crippen LogP contribution in [0, 0.1) is 0 Å². The van der Waals surface area contributed by atoms with Crippen molar-refractivity contribution in [3.63, 3.8) is 0 Å². The summed E-state index contributed by atoms with van der Waals surface area (Å²) in [5.74, 6) is 0.717. The van der Waals surface area contributed by atoms with Gasteiger partial charge in [0.05, 0.1) is 13.0 Å². The maximum atomic E-state index is 12.5. The van der Waals surface area contributed by atoms with Crippen LogP contribution >= 0.6 is 0 Å². The van der Waals surface area contributed by atoms with E-state index in [0.717, 1.165) is 37.2 Å². The minimum atomic E-state index is -0.111. The van der Waals surface area contributed by atoms with Crippen molar-refractivity contribution in [1.82, 2.24) is 4.90 Å². The second-order valence-corrected chi connectivity index (χ2v) is 6.38. The van der Waals surface area contributed by atoms with E-state index >= 15 is 0 Å². The van der Waals surface area contributed by atoms with Gasteiger partial charge in [0.15, 0.2) is 0 Å². The Kier molecular flexibility index (Phi) is 5.89. The molecule has 0 saturated carbocycles. The molecule has 2 amide bonds. The normalized spacial score (nSPS) is 13.5. The maximum Gasteiger partial charge on any atom is 0.253 e. The quantitative estimate of drug-likeness (QED) is 0.866. The zero-order valence-electron chi connectivity index (χ0n) is 15.0. The molecule has 5 nitrogen and oxygen atoms in total. The molecule has 3 rings (SSSR count). The molecule has 0 spiro atoms. The van der Waals surface area contributed by atoms with Crippen molar-refractivity contribution < 1.29 is 14.3 Å². The highest BCUT2D eigenvalue weighted by molar-refractivity contribution is 5.97. The molecular formula is C21H24N2O3. The third kappa shape index (κ3) is 4.63. The minimum absolute atomic E-state index is 0.0325. The molecule has 1 aliphatic rings. The first-order valence-corrected chi connectivity index (χ1v) is 9.06. The zero-order valence-corrected chi connectivity index (χ0v) is 15.0. The van der Waals surface area contributed by atoms with Gasteiger partial charge >= 0.3 is 0 Å². The van der Waals surface area contributed by atoms with E-state index in [1.165, 1.54) is 0 Å². The van der Waals surface area contributed by atoms with Gasteiger partial charge in [0.1, 0.15) is 5.75 Å². The largest absolute Gasteiger partial charge is 0.494 e. The van der Waals surface area contributed by atoms with E-state index in [4.69, 9.17) is 4.74 Å². The molecule has 5 heteroatoms. The van der Waals surface area contributed by atoms with E-state index in [2.05, 4.69) is 5.32 Å². The third-order valence-corrected chi connectivity index (χ3v) is 4.39. The number of nitrogens with zero attached hydrogens (tertiary/aromatic N) is 1. The fourth-order valence-corrected chi connectivity index (χ4v) is 3.09. The standard InChI is InChI=1S/C21H24N2O3/c1-2-26-19-10-8-16(9-11-19)14-20(24)22-18-7-5-6-17(15-18)21(25)23-12-3-4-13-23/h5-11,15H,2-4,12-14H2,1H3,(H,22,24). The van der Waals surface area contributed by atoms with Crippen LogP contribution in [-0.2, 0) is 11.2 Å². The molecular weight excluding hydrogens is 328 g/mol. The van der Waals surface area contributed by atoms with Crippen LogP contribution in [0.15, 0.2) is 48.5 Å². The monoisotopic (exact) mass is 352 g/mol. The lowest BCUT2D eigenvalue weighted by Gasteiger charge is -2.15. The number of carbonyl (C=O) groups is 2. The number of hydrogen-bond donors (Lipinski definition) is 1. The van der Waals surface area contributed by atoms with Gasteiger partial charge < -0.3 is 15.0 Å². The van der Waals surface area contributed by atoms with Gasteiger partial charge in [0.2, 0.25) is 5.91 Å². The summed E-state index contributed by atoms with van der Waals surface area (Å²) < 4.78 is 5.40. The van der Waals surface area contributed by atoms with Crippen molar-refractivity contribution in [2.24, 2.45) is 0 Å². The second-order valence-electron chi connectivity index (χ2n) is 6.38. The Labute approximate surface area is 154 Å². The SMILES string of the molecule is CCOc1ccc(CC(=O)Nc2cccc(C(=O)N3CCCC3)c2)cc1. The van der Waals surface area contributed by atoms with Gasteiger partial charge in [-0.15, -0.1) is 0 Å².